The average Bonchev–Trinajstić information content (AvgIpc) is 2.26. The highest BCUT2D eigenvalue weighted by Gasteiger charge is 2.21. The third-order valence-corrected chi connectivity index (χ3v) is 2.38. The maximum absolute atomic E-state index is 13.7. The van der Waals surface area contributed by atoms with Crippen molar-refractivity contribution in [2.75, 3.05) is 13.6 Å². The fraction of sp³-hybridized carbons (Fsp3) is 0.500. The number of rotatable bonds is 4. The van der Waals surface area contributed by atoms with Gasteiger partial charge in [0.05, 0.1) is 6.04 Å². The second-order valence-electron chi connectivity index (χ2n) is 5.28. The van der Waals surface area contributed by atoms with Gasteiger partial charge in [0, 0.05) is 12.1 Å². The molecule has 0 fully saturated rings. The van der Waals surface area contributed by atoms with Crippen molar-refractivity contribution in [1.82, 2.24) is 10.6 Å². The predicted molar refractivity (Wildman–Crippen MR) is 72.4 cm³/mol. The quantitative estimate of drug-likeness (QED) is 0.882. The molecular formula is C14H21FN2O2. The molecule has 0 radical (unpaired) electrons. The van der Waals surface area contributed by atoms with Crippen molar-refractivity contribution >= 4 is 6.09 Å². The van der Waals surface area contributed by atoms with Crippen LogP contribution in [0.25, 0.3) is 0 Å². The van der Waals surface area contributed by atoms with Gasteiger partial charge in [-0.2, -0.15) is 0 Å². The molecule has 5 heteroatoms. The smallest absolute Gasteiger partial charge is 0.408 e. The van der Waals surface area contributed by atoms with E-state index in [1.54, 1.807) is 46.0 Å². The number of hydrogen-bond acceptors (Lipinski definition) is 3. The van der Waals surface area contributed by atoms with E-state index in [0.717, 1.165) is 0 Å². The van der Waals surface area contributed by atoms with Crippen LogP contribution in [-0.4, -0.2) is 25.3 Å². The molecule has 4 nitrogen and oxygen atoms in total. The number of benzene rings is 1. The van der Waals surface area contributed by atoms with Gasteiger partial charge in [-0.15, -0.1) is 0 Å². The standard InChI is InChI=1S/C14H21FN2O2/c1-14(2,3)19-13(18)17-12(9-16-4)10-7-5-6-8-11(10)15/h5-8,12,16H,9H2,1-4H3,(H,17,18). The fourth-order valence-electron chi connectivity index (χ4n) is 1.65. The highest BCUT2D eigenvalue weighted by molar-refractivity contribution is 5.68. The molecule has 0 spiro atoms. The Balaban J connectivity index is 2.79. The van der Waals surface area contributed by atoms with Crippen molar-refractivity contribution in [3.8, 4) is 0 Å². The first-order valence-corrected chi connectivity index (χ1v) is 6.22. The number of carbonyl (C=O) groups is 1. The minimum Gasteiger partial charge on any atom is -0.444 e. The van der Waals surface area contributed by atoms with Crippen LogP contribution >= 0.6 is 0 Å². The zero-order chi connectivity index (χ0) is 14.5. The van der Waals surface area contributed by atoms with Crippen LogP contribution in [0.1, 0.15) is 32.4 Å². The van der Waals surface area contributed by atoms with Crippen molar-refractivity contribution in [3.63, 3.8) is 0 Å². The highest BCUT2D eigenvalue weighted by atomic mass is 19.1. The fourth-order valence-corrected chi connectivity index (χ4v) is 1.65. The largest absolute Gasteiger partial charge is 0.444 e. The first-order chi connectivity index (χ1) is 8.83. The van der Waals surface area contributed by atoms with Gasteiger partial charge in [0.25, 0.3) is 0 Å². The summed E-state index contributed by atoms with van der Waals surface area (Å²) >= 11 is 0. The average molecular weight is 268 g/mol. The van der Waals surface area contributed by atoms with Gasteiger partial charge >= 0.3 is 6.09 Å². The summed E-state index contributed by atoms with van der Waals surface area (Å²) in [6.07, 6.45) is -0.559. The van der Waals surface area contributed by atoms with Crippen molar-refractivity contribution in [2.24, 2.45) is 0 Å². The number of ether oxygens (including phenoxy) is 1. The molecule has 0 bridgehead atoms. The van der Waals surface area contributed by atoms with Gasteiger partial charge in [-0.05, 0) is 33.9 Å². The first kappa shape index (κ1) is 15.4. The third-order valence-electron chi connectivity index (χ3n) is 2.38. The Morgan fingerprint density at radius 2 is 2.00 bits per heavy atom. The zero-order valence-electron chi connectivity index (χ0n) is 11.8. The van der Waals surface area contributed by atoms with Gasteiger partial charge in [0.1, 0.15) is 11.4 Å². The minimum atomic E-state index is -0.580. The first-order valence-electron chi connectivity index (χ1n) is 6.22. The van der Waals surface area contributed by atoms with E-state index in [0.29, 0.717) is 12.1 Å². The molecule has 0 saturated heterocycles. The number of halogens is 1. The van der Waals surface area contributed by atoms with Gasteiger partial charge in [-0.1, -0.05) is 18.2 Å². The Morgan fingerprint density at radius 3 is 2.53 bits per heavy atom. The molecule has 1 rings (SSSR count). The predicted octanol–water partition coefficient (Wildman–Crippen LogP) is 2.61. The van der Waals surface area contributed by atoms with Crippen molar-refractivity contribution in [1.29, 1.82) is 0 Å². The second-order valence-corrected chi connectivity index (χ2v) is 5.28. The summed E-state index contributed by atoms with van der Waals surface area (Å²) in [5, 5.41) is 5.59. The second kappa shape index (κ2) is 6.52. The molecule has 2 N–H and O–H groups in total. The minimum absolute atomic E-state index is 0.348. The molecule has 0 aliphatic rings. The molecule has 1 aromatic rings. The Bertz CT molecular complexity index is 430. The lowest BCUT2D eigenvalue weighted by Crippen LogP contribution is -2.38. The van der Waals surface area contributed by atoms with Crippen LogP contribution in [0.3, 0.4) is 0 Å². The van der Waals surface area contributed by atoms with Gasteiger partial charge in [0.2, 0.25) is 0 Å². The maximum atomic E-state index is 13.7. The van der Waals surface area contributed by atoms with E-state index in [1.807, 2.05) is 0 Å². The molecule has 106 valence electrons. The van der Waals surface area contributed by atoms with Crippen molar-refractivity contribution in [2.45, 2.75) is 32.4 Å². The SMILES string of the molecule is CNCC(NC(=O)OC(C)(C)C)c1ccccc1F. The Hall–Kier alpha value is -1.62. The summed E-state index contributed by atoms with van der Waals surface area (Å²) < 4.78 is 18.9. The molecule has 0 saturated carbocycles. The zero-order valence-corrected chi connectivity index (χ0v) is 11.8. The maximum Gasteiger partial charge on any atom is 0.408 e. The van der Waals surface area contributed by atoms with Gasteiger partial charge < -0.3 is 15.4 Å². The van der Waals surface area contributed by atoms with Crippen LogP contribution in [0.4, 0.5) is 9.18 Å². The summed E-state index contributed by atoms with van der Waals surface area (Å²) in [6, 6.07) is 5.89. The van der Waals surface area contributed by atoms with E-state index in [-0.39, 0.29) is 5.82 Å². The van der Waals surface area contributed by atoms with E-state index >= 15 is 0 Å². The van der Waals surface area contributed by atoms with Gasteiger partial charge in [-0.25, -0.2) is 9.18 Å². The van der Waals surface area contributed by atoms with E-state index in [2.05, 4.69) is 10.6 Å². The summed E-state index contributed by atoms with van der Waals surface area (Å²) in [5.41, 5.74) is -0.147. The van der Waals surface area contributed by atoms with Gasteiger partial charge in [0.15, 0.2) is 0 Å². The molecule has 0 aliphatic heterocycles. The highest BCUT2D eigenvalue weighted by Crippen LogP contribution is 2.17. The summed E-state index contributed by atoms with van der Waals surface area (Å²) in [7, 11) is 1.74. The number of nitrogens with one attached hydrogen (secondary N) is 2. The van der Waals surface area contributed by atoms with Crippen LogP contribution in [0, 0.1) is 5.82 Å². The molecule has 0 aliphatic carbocycles. The summed E-state index contributed by atoms with van der Waals surface area (Å²) in [6.45, 7) is 5.76. The van der Waals surface area contributed by atoms with E-state index in [4.69, 9.17) is 4.74 Å². The Kier molecular flexibility index (Phi) is 5.30. The number of amides is 1. The van der Waals surface area contributed by atoms with Crippen LogP contribution in [-0.2, 0) is 4.74 Å². The van der Waals surface area contributed by atoms with Crippen LogP contribution in [0.15, 0.2) is 24.3 Å². The van der Waals surface area contributed by atoms with Gasteiger partial charge in [-0.3, -0.25) is 0 Å². The molecule has 19 heavy (non-hydrogen) atoms. The number of hydrogen-bond donors (Lipinski definition) is 2. The number of carbonyl (C=O) groups excluding carboxylic acids is 1. The number of likely N-dealkylation sites (N-methyl/N-ethyl adjacent to an activating group) is 1. The molecular weight excluding hydrogens is 247 g/mol. The van der Waals surface area contributed by atoms with E-state index in [9.17, 15) is 9.18 Å². The molecule has 1 unspecified atom stereocenters. The lowest BCUT2D eigenvalue weighted by Gasteiger charge is -2.24. The van der Waals surface area contributed by atoms with E-state index < -0.39 is 17.7 Å². The molecule has 1 aromatic carbocycles. The molecule has 1 amide bonds. The lowest BCUT2D eigenvalue weighted by molar-refractivity contribution is 0.0503. The van der Waals surface area contributed by atoms with Crippen molar-refractivity contribution < 1.29 is 13.9 Å². The Labute approximate surface area is 113 Å². The summed E-state index contributed by atoms with van der Waals surface area (Å²) in [4.78, 5) is 11.7. The van der Waals surface area contributed by atoms with Crippen LogP contribution < -0.4 is 10.6 Å². The normalized spacial score (nSPS) is 12.9. The topological polar surface area (TPSA) is 50.4 Å². The van der Waals surface area contributed by atoms with Crippen molar-refractivity contribution in [3.05, 3.63) is 35.6 Å². The Morgan fingerprint density at radius 1 is 1.37 bits per heavy atom. The molecule has 0 heterocycles. The monoisotopic (exact) mass is 268 g/mol. The van der Waals surface area contributed by atoms with Crippen LogP contribution in [0.5, 0.6) is 0 Å². The van der Waals surface area contributed by atoms with Crippen LogP contribution in [0.2, 0.25) is 0 Å². The third kappa shape index (κ3) is 5.26. The van der Waals surface area contributed by atoms with E-state index in [1.165, 1.54) is 6.07 Å². The lowest BCUT2D eigenvalue weighted by atomic mass is 10.1. The number of alkyl carbamates (subject to hydrolysis) is 1. The molecule has 1 atom stereocenters. The molecule has 0 aromatic heterocycles. The summed E-state index contributed by atoms with van der Waals surface area (Å²) in [5.74, 6) is -0.348.